The van der Waals surface area contributed by atoms with E-state index in [4.69, 9.17) is 0 Å². The van der Waals surface area contributed by atoms with Crippen LogP contribution in [0.4, 0.5) is 18.9 Å². The maximum Gasteiger partial charge on any atom is 0.421 e. The molecule has 2 N–H and O–H groups in total. The molecule has 1 aliphatic heterocycles. The Morgan fingerprint density at radius 3 is 2.21 bits per heavy atom. The first-order valence-corrected chi connectivity index (χ1v) is 15.3. The molecule has 0 amide bonds. The second-order valence-electron chi connectivity index (χ2n) is 8.92. The molecule has 0 aliphatic carbocycles. The molecule has 0 radical (unpaired) electrons. The smallest absolute Gasteiger partial charge is 0.376 e. The van der Waals surface area contributed by atoms with Crippen LogP contribution in [0.2, 0.25) is 0 Å². The van der Waals surface area contributed by atoms with Gasteiger partial charge in [-0.3, -0.25) is 0 Å². The fourth-order valence-corrected chi connectivity index (χ4v) is 7.83. The van der Waals surface area contributed by atoms with Gasteiger partial charge in [0, 0.05) is 31.9 Å². The molecule has 3 aromatic rings. The molecule has 2 atom stereocenters. The minimum atomic E-state index is -4.88. The van der Waals surface area contributed by atoms with Crippen molar-refractivity contribution in [3.05, 3.63) is 77.7 Å². The van der Waals surface area contributed by atoms with Crippen LogP contribution in [0.25, 0.3) is 0 Å². The first-order chi connectivity index (χ1) is 17.7. The Hall–Kier alpha value is -2.49. The van der Waals surface area contributed by atoms with Gasteiger partial charge in [0.2, 0.25) is 10.0 Å². The van der Waals surface area contributed by atoms with Crippen molar-refractivity contribution in [3.63, 3.8) is 0 Å². The molecule has 1 aromatic heterocycles. The molecule has 0 bridgehead atoms. The van der Waals surface area contributed by atoms with Crippen LogP contribution in [-0.4, -0.2) is 64.6 Å². The van der Waals surface area contributed by atoms with E-state index in [2.05, 4.69) is 4.72 Å². The molecule has 0 unspecified atom stereocenters. The summed E-state index contributed by atoms with van der Waals surface area (Å²) in [6.07, 6.45) is -4.88. The van der Waals surface area contributed by atoms with Crippen LogP contribution in [0.1, 0.15) is 12.5 Å². The summed E-state index contributed by atoms with van der Waals surface area (Å²) in [5.41, 5.74) is -2.94. The monoisotopic (exact) mass is 589 g/mol. The zero-order valence-corrected chi connectivity index (χ0v) is 22.6. The van der Waals surface area contributed by atoms with Gasteiger partial charge in [0.15, 0.2) is 5.60 Å². The third-order valence-electron chi connectivity index (χ3n) is 6.41. The number of thiophene rings is 1. The molecule has 0 saturated carbocycles. The van der Waals surface area contributed by atoms with E-state index in [0.29, 0.717) is 12.6 Å². The van der Waals surface area contributed by atoms with Gasteiger partial charge in [0.05, 0.1) is 10.9 Å². The van der Waals surface area contributed by atoms with Gasteiger partial charge >= 0.3 is 6.18 Å². The number of rotatable bonds is 8. The number of nitrogens with zero attached hydrogens (tertiary/aromatic N) is 2. The van der Waals surface area contributed by atoms with Crippen molar-refractivity contribution in [2.24, 2.45) is 0 Å². The van der Waals surface area contributed by atoms with Crippen molar-refractivity contribution in [2.45, 2.75) is 33.8 Å². The van der Waals surface area contributed by atoms with E-state index < -0.39 is 37.9 Å². The lowest BCUT2D eigenvalue weighted by Gasteiger charge is -2.42. The minimum Gasteiger partial charge on any atom is -0.376 e. The molecule has 206 valence electrons. The third kappa shape index (κ3) is 5.75. The van der Waals surface area contributed by atoms with Crippen LogP contribution in [0, 0.1) is 0 Å². The molecule has 14 heteroatoms. The fraction of sp³-hybridized carbons (Fsp3) is 0.333. The Bertz CT molecular complexity index is 1450. The number of piperazine rings is 1. The molecule has 1 fully saturated rings. The van der Waals surface area contributed by atoms with E-state index in [0.717, 1.165) is 23.5 Å². The lowest BCUT2D eigenvalue weighted by atomic mass is 9.95. The molecular formula is C24H26F3N3O5S3. The maximum absolute atomic E-state index is 13.3. The summed E-state index contributed by atoms with van der Waals surface area (Å²) < 4.78 is 95.8. The number of alkyl halides is 3. The highest BCUT2D eigenvalue weighted by Gasteiger charge is 2.51. The van der Waals surface area contributed by atoms with Gasteiger partial charge in [-0.1, -0.05) is 36.4 Å². The summed E-state index contributed by atoms with van der Waals surface area (Å²) in [7, 11) is -7.72. The molecule has 1 saturated heterocycles. The van der Waals surface area contributed by atoms with Crippen LogP contribution < -0.4 is 9.62 Å². The molecule has 1 aliphatic rings. The van der Waals surface area contributed by atoms with Gasteiger partial charge < -0.3 is 10.0 Å². The first kappa shape index (κ1) is 28.5. The van der Waals surface area contributed by atoms with Gasteiger partial charge in [0.1, 0.15) is 4.21 Å². The number of anilines is 1. The number of halogens is 3. The quantitative estimate of drug-likeness (QED) is 0.417. The van der Waals surface area contributed by atoms with Gasteiger partial charge in [-0.2, -0.15) is 17.5 Å². The van der Waals surface area contributed by atoms with Crippen LogP contribution in [-0.2, 0) is 25.6 Å². The molecule has 8 nitrogen and oxygen atoms in total. The van der Waals surface area contributed by atoms with Crippen molar-refractivity contribution < 1.29 is 35.1 Å². The van der Waals surface area contributed by atoms with E-state index in [1.165, 1.54) is 34.6 Å². The Balaban J connectivity index is 1.61. The summed E-state index contributed by atoms with van der Waals surface area (Å²) in [5.74, 6) is 0. The van der Waals surface area contributed by atoms with E-state index in [1.54, 1.807) is 34.5 Å². The Labute approximate surface area is 223 Å². The molecule has 2 heterocycles. The SMILES string of the molecule is C[C@@](O)(c1ccc(N2CCN(S(=O)(=O)c3cccs3)C[C@@H]2CNS(=O)(=O)c2ccccc2)cc1)C(F)(F)F. The van der Waals surface area contributed by atoms with Gasteiger partial charge in [0.25, 0.3) is 10.0 Å². The molecule has 38 heavy (non-hydrogen) atoms. The molecule has 0 spiro atoms. The Morgan fingerprint density at radius 1 is 0.974 bits per heavy atom. The summed E-state index contributed by atoms with van der Waals surface area (Å²) in [6, 6.07) is 15.2. The largest absolute Gasteiger partial charge is 0.421 e. The molecule has 2 aromatic carbocycles. The summed E-state index contributed by atoms with van der Waals surface area (Å²) in [6.45, 7) is 0.703. The standard InChI is InChI=1S/C24H26F3N3O5S3/c1-23(31,24(25,26)27)18-9-11-19(12-10-18)30-14-13-29(38(34,35)22-8-5-15-36-22)17-20(30)16-28-37(32,33)21-6-3-2-4-7-21/h2-12,15,20,28,31H,13-14,16-17H2,1H3/t20-,23+/m0/s1. The average molecular weight is 590 g/mol. The number of hydrogen-bond donors (Lipinski definition) is 2. The van der Waals surface area contributed by atoms with E-state index in [1.807, 2.05) is 0 Å². The van der Waals surface area contributed by atoms with Gasteiger partial charge in [-0.15, -0.1) is 11.3 Å². The zero-order valence-electron chi connectivity index (χ0n) is 20.2. The highest BCUT2D eigenvalue weighted by Crippen LogP contribution is 2.39. The van der Waals surface area contributed by atoms with E-state index in [-0.39, 0.29) is 40.8 Å². The van der Waals surface area contributed by atoms with E-state index >= 15 is 0 Å². The number of aliphatic hydroxyl groups is 1. The van der Waals surface area contributed by atoms with Crippen molar-refractivity contribution in [1.29, 1.82) is 0 Å². The summed E-state index contributed by atoms with van der Waals surface area (Å²) in [5, 5.41) is 11.6. The van der Waals surface area contributed by atoms with Crippen LogP contribution in [0.15, 0.2) is 81.2 Å². The number of nitrogens with one attached hydrogen (secondary N) is 1. The Morgan fingerprint density at radius 2 is 1.63 bits per heavy atom. The highest BCUT2D eigenvalue weighted by atomic mass is 32.2. The van der Waals surface area contributed by atoms with Crippen molar-refractivity contribution >= 4 is 37.1 Å². The second kappa shape index (κ2) is 10.6. The highest BCUT2D eigenvalue weighted by molar-refractivity contribution is 7.91. The number of benzene rings is 2. The Kier molecular flexibility index (Phi) is 7.94. The van der Waals surface area contributed by atoms with Crippen molar-refractivity contribution in [2.75, 3.05) is 31.1 Å². The van der Waals surface area contributed by atoms with Crippen molar-refractivity contribution in [3.8, 4) is 0 Å². The third-order valence-corrected chi connectivity index (χ3v) is 11.1. The van der Waals surface area contributed by atoms with Crippen LogP contribution >= 0.6 is 11.3 Å². The van der Waals surface area contributed by atoms with Crippen molar-refractivity contribution in [1.82, 2.24) is 9.03 Å². The van der Waals surface area contributed by atoms with E-state index in [9.17, 15) is 35.1 Å². The molecular weight excluding hydrogens is 563 g/mol. The first-order valence-electron chi connectivity index (χ1n) is 11.5. The maximum atomic E-state index is 13.3. The lowest BCUT2D eigenvalue weighted by molar-refractivity contribution is -0.258. The lowest BCUT2D eigenvalue weighted by Crippen LogP contribution is -2.58. The summed E-state index contributed by atoms with van der Waals surface area (Å²) >= 11 is 1.07. The second-order valence-corrected chi connectivity index (χ2v) is 13.8. The predicted octanol–water partition coefficient (Wildman–Crippen LogP) is 3.38. The van der Waals surface area contributed by atoms with Crippen LogP contribution in [0.3, 0.4) is 0 Å². The minimum absolute atomic E-state index is 0.0455. The van der Waals surface area contributed by atoms with Gasteiger partial charge in [-0.05, 0) is 48.2 Å². The number of sulfonamides is 2. The summed E-state index contributed by atoms with van der Waals surface area (Å²) in [4.78, 5) is 1.80. The van der Waals surface area contributed by atoms with Crippen LogP contribution in [0.5, 0.6) is 0 Å². The number of hydrogen-bond acceptors (Lipinski definition) is 7. The normalized spacial score (nSPS) is 19.3. The topological polar surface area (TPSA) is 107 Å². The average Bonchev–Trinajstić information content (AvgIpc) is 3.43. The molecule has 4 rings (SSSR count). The zero-order chi connectivity index (χ0) is 27.8. The fourth-order valence-electron chi connectivity index (χ4n) is 4.13. The predicted molar refractivity (Wildman–Crippen MR) is 138 cm³/mol. The van der Waals surface area contributed by atoms with Gasteiger partial charge in [-0.25, -0.2) is 21.6 Å².